The highest BCUT2D eigenvalue weighted by Gasteiger charge is 2.34. The summed E-state index contributed by atoms with van der Waals surface area (Å²) in [6.45, 7) is 3.89. The molecule has 3 atom stereocenters. The van der Waals surface area contributed by atoms with E-state index in [2.05, 4.69) is 22.1 Å². The van der Waals surface area contributed by atoms with Gasteiger partial charge in [-0.15, -0.1) is 0 Å². The van der Waals surface area contributed by atoms with Crippen LogP contribution in [0.5, 0.6) is 17.4 Å². The summed E-state index contributed by atoms with van der Waals surface area (Å²) in [5, 5.41) is 12.7. The van der Waals surface area contributed by atoms with Crippen molar-refractivity contribution < 1.29 is 34.7 Å². The number of aromatic nitrogens is 1. The van der Waals surface area contributed by atoms with Crippen LogP contribution in [-0.4, -0.2) is 84.9 Å². The molecule has 1 aliphatic heterocycles. The molecular formula is C32H37FN4O6. The minimum absolute atomic E-state index is 0. The second-order valence-corrected chi connectivity index (χ2v) is 10.3. The van der Waals surface area contributed by atoms with Gasteiger partial charge in [-0.05, 0) is 55.5 Å². The molecule has 0 bridgehead atoms. The molecule has 3 amide bonds. The molecule has 0 spiro atoms. The monoisotopic (exact) mass is 592 g/mol. The molecule has 0 fully saturated rings. The van der Waals surface area contributed by atoms with Gasteiger partial charge in [-0.2, -0.15) is 0 Å². The van der Waals surface area contributed by atoms with Crippen molar-refractivity contribution in [2.75, 3.05) is 46.3 Å². The average molecular weight is 593 g/mol. The van der Waals surface area contributed by atoms with Crippen molar-refractivity contribution in [3.05, 3.63) is 77.2 Å². The van der Waals surface area contributed by atoms with Gasteiger partial charge in [0, 0.05) is 43.9 Å². The highest BCUT2D eigenvalue weighted by molar-refractivity contribution is 5.97. The van der Waals surface area contributed by atoms with E-state index in [4.69, 9.17) is 14.2 Å². The first-order valence-corrected chi connectivity index (χ1v) is 13.7. The Bertz CT molecular complexity index is 1530. The number of nitrogens with zero attached hydrogens (tertiary/aromatic N) is 3. The van der Waals surface area contributed by atoms with Crippen molar-refractivity contribution >= 4 is 17.6 Å². The number of fused-ring (bicyclic) bond motifs is 1. The van der Waals surface area contributed by atoms with E-state index in [1.54, 1.807) is 57.4 Å². The number of aliphatic hydroxyl groups is 1. The number of nitrogens with one attached hydrogen (secondary N) is 1. The van der Waals surface area contributed by atoms with E-state index in [1.807, 2.05) is 6.92 Å². The fourth-order valence-electron chi connectivity index (χ4n) is 4.55. The smallest absolute Gasteiger partial charge is 0.321 e. The Hall–Kier alpha value is -4.82. The maximum atomic E-state index is 13.7. The molecule has 11 heteroatoms. The normalized spacial score (nSPS) is 16.8. The summed E-state index contributed by atoms with van der Waals surface area (Å²) in [5.41, 5.74) is 1.82. The van der Waals surface area contributed by atoms with E-state index in [9.17, 15) is 19.1 Å². The van der Waals surface area contributed by atoms with Gasteiger partial charge in [0.2, 0.25) is 5.88 Å². The standard InChI is InChI=1S/C32H35FN4O6.H2/c1-20-17-37(21(2)19-38)31(39)26-14-23(7-6-22-8-13-27(41-4)28(15-22)42-5)16-34-30(26)43-29(20)18-36(3)32(40)35-25-11-9-24(33)10-12-25;/h8-16,20-21,29,38H,17-19H2,1-5H3,(H,35,40);1H/t20-,21+,29-;/m0./s1. The van der Waals surface area contributed by atoms with Gasteiger partial charge < -0.3 is 34.4 Å². The predicted molar refractivity (Wildman–Crippen MR) is 161 cm³/mol. The third-order valence-electron chi connectivity index (χ3n) is 7.15. The van der Waals surface area contributed by atoms with Crippen molar-refractivity contribution in [2.24, 2.45) is 5.92 Å². The Morgan fingerprint density at radius 2 is 1.88 bits per heavy atom. The van der Waals surface area contributed by atoms with Crippen molar-refractivity contribution in [3.63, 3.8) is 0 Å². The van der Waals surface area contributed by atoms with Crippen LogP contribution in [0.25, 0.3) is 0 Å². The molecule has 0 saturated heterocycles. The topological polar surface area (TPSA) is 113 Å². The molecule has 3 aromatic rings. The lowest BCUT2D eigenvalue weighted by molar-refractivity contribution is 0.0356. The van der Waals surface area contributed by atoms with E-state index < -0.39 is 24.0 Å². The van der Waals surface area contributed by atoms with Gasteiger partial charge >= 0.3 is 6.03 Å². The number of ether oxygens (including phenoxy) is 3. The van der Waals surface area contributed by atoms with Crippen molar-refractivity contribution in [1.29, 1.82) is 0 Å². The maximum absolute atomic E-state index is 13.7. The van der Waals surface area contributed by atoms with Crippen LogP contribution in [0.15, 0.2) is 54.7 Å². The van der Waals surface area contributed by atoms with E-state index in [0.29, 0.717) is 28.3 Å². The van der Waals surface area contributed by atoms with Crippen LogP contribution in [0.2, 0.25) is 0 Å². The number of aliphatic hydroxyl groups excluding tert-OH is 1. The lowest BCUT2D eigenvalue weighted by Gasteiger charge is -2.37. The first kappa shape index (κ1) is 31.1. The number of anilines is 1. The Kier molecular flexibility index (Phi) is 10.1. The van der Waals surface area contributed by atoms with Crippen LogP contribution in [0.1, 0.15) is 36.8 Å². The third kappa shape index (κ3) is 7.53. The molecule has 2 N–H and O–H groups in total. The summed E-state index contributed by atoms with van der Waals surface area (Å²) in [7, 11) is 4.72. The summed E-state index contributed by atoms with van der Waals surface area (Å²) in [5.74, 6) is 6.36. The average Bonchev–Trinajstić information content (AvgIpc) is 3.02. The third-order valence-corrected chi connectivity index (χ3v) is 7.15. The van der Waals surface area contributed by atoms with Crippen molar-refractivity contribution in [1.82, 2.24) is 14.8 Å². The number of hydrogen-bond acceptors (Lipinski definition) is 7. The minimum atomic E-state index is -0.541. The lowest BCUT2D eigenvalue weighted by atomic mass is 10.00. The molecule has 2 heterocycles. The summed E-state index contributed by atoms with van der Waals surface area (Å²) >= 11 is 0. The SMILES string of the molecule is COc1ccc(C#Cc2cnc3c(c2)C(=O)N([C@H](C)CO)C[C@H](C)[C@H](CN(C)C(=O)Nc2ccc(F)cc2)O3)cc1OC.[HH]. The van der Waals surface area contributed by atoms with Gasteiger partial charge in [0.05, 0.1) is 33.4 Å². The van der Waals surface area contributed by atoms with Crippen LogP contribution >= 0.6 is 0 Å². The fraction of sp³-hybridized carbons (Fsp3) is 0.344. The Balaban J connectivity index is 0.00000529. The zero-order valence-electron chi connectivity index (χ0n) is 24.8. The van der Waals surface area contributed by atoms with E-state index in [0.717, 1.165) is 0 Å². The van der Waals surface area contributed by atoms with Crippen LogP contribution in [0.3, 0.4) is 0 Å². The minimum Gasteiger partial charge on any atom is -0.493 e. The second-order valence-electron chi connectivity index (χ2n) is 10.3. The number of urea groups is 1. The highest BCUT2D eigenvalue weighted by atomic mass is 19.1. The van der Waals surface area contributed by atoms with E-state index in [-0.39, 0.29) is 44.4 Å². The number of rotatable bonds is 7. The number of halogens is 1. The van der Waals surface area contributed by atoms with Gasteiger partial charge in [-0.25, -0.2) is 14.2 Å². The largest absolute Gasteiger partial charge is 0.493 e. The number of likely N-dealkylation sites (N-methyl/N-ethyl adjacent to an activating group) is 1. The van der Waals surface area contributed by atoms with E-state index in [1.165, 1.54) is 35.4 Å². The number of carbonyl (C=O) groups excluding carboxylic acids is 2. The summed E-state index contributed by atoms with van der Waals surface area (Å²) in [6.07, 6.45) is 0.981. The number of hydrogen-bond donors (Lipinski definition) is 2. The fourth-order valence-corrected chi connectivity index (χ4v) is 4.55. The molecule has 2 aromatic carbocycles. The summed E-state index contributed by atoms with van der Waals surface area (Å²) < 4.78 is 30.2. The van der Waals surface area contributed by atoms with Crippen LogP contribution in [-0.2, 0) is 0 Å². The number of pyridine rings is 1. The van der Waals surface area contributed by atoms with Gasteiger partial charge in [0.25, 0.3) is 5.91 Å². The number of carbonyl (C=O) groups is 2. The molecular weight excluding hydrogens is 555 g/mol. The first-order valence-electron chi connectivity index (χ1n) is 13.7. The molecule has 228 valence electrons. The summed E-state index contributed by atoms with van der Waals surface area (Å²) in [4.78, 5) is 34.1. The molecule has 0 unspecified atom stereocenters. The highest BCUT2D eigenvalue weighted by Crippen LogP contribution is 2.29. The van der Waals surface area contributed by atoms with Crippen LogP contribution in [0, 0.1) is 23.6 Å². The number of benzene rings is 2. The molecule has 1 aromatic heterocycles. The Morgan fingerprint density at radius 1 is 1.19 bits per heavy atom. The van der Waals surface area contributed by atoms with Gasteiger partial charge in [-0.1, -0.05) is 18.8 Å². The van der Waals surface area contributed by atoms with Crippen molar-refractivity contribution in [3.8, 4) is 29.2 Å². The zero-order valence-corrected chi connectivity index (χ0v) is 24.8. The van der Waals surface area contributed by atoms with Gasteiger partial charge in [0.1, 0.15) is 17.5 Å². The van der Waals surface area contributed by atoms with Crippen LogP contribution in [0.4, 0.5) is 14.9 Å². The van der Waals surface area contributed by atoms with Gasteiger partial charge in [-0.3, -0.25) is 4.79 Å². The molecule has 0 saturated carbocycles. The Morgan fingerprint density at radius 3 is 2.56 bits per heavy atom. The zero-order chi connectivity index (χ0) is 31.1. The predicted octanol–water partition coefficient (Wildman–Crippen LogP) is 4.27. The second kappa shape index (κ2) is 13.9. The van der Waals surface area contributed by atoms with E-state index >= 15 is 0 Å². The van der Waals surface area contributed by atoms with Gasteiger partial charge in [0.15, 0.2) is 11.5 Å². The molecule has 43 heavy (non-hydrogen) atoms. The Labute approximate surface area is 251 Å². The summed E-state index contributed by atoms with van der Waals surface area (Å²) in [6, 6.07) is 11.5. The molecule has 10 nitrogen and oxygen atoms in total. The molecule has 4 rings (SSSR count). The quantitative estimate of drug-likeness (QED) is 0.394. The van der Waals surface area contributed by atoms with Crippen molar-refractivity contribution in [2.45, 2.75) is 26.0 Å². The van der Waals surface area contributed by atoms with Crippen LogP contribution < -0.4 is 19.5 Å². The number of amides is 3. The maximum Gasteiger partial charge on any atom is 0.321 e. The molecule has 0 radical (unpaired) electrons. The number of methoxy groups -OCH3 is 2. The molecule has 0 aliphatic carbocycles. The lowest BCUT2D eigenvalue weighted by Crippen LogP contribution is -2.50. The molecule has 1 aliphatic rings. The first-order chi connectivity index (χ1) is 20.6.